The summed E-state index contributed by atoms with van der Waals surface area (Å²) in [7, 11) is 0. The Hall–Kier alpha value is -3.42. The molecule has 0 spiro atoms. The van der Waals surface area contributed by atoms with E-state index in [4.69, 9.17) is 30.8 Å². The van der Waals surface area contributed by atoms with Gasteiger partial charge in [-0.1, -0.05) is 23.7 Å². The van der Waals surface area contributed by atoms with Crippen molar-refractivity contribution < 1.29 is 23.4 Å². The van der Waals surface area contributed by atoms with Gasteiger partial charge in [0.1, 0.15) is 5.65 Å². The van der Waals surface area contributed by atoms with Crippen molar-refractivity contribution in [2.45, 2.75) is 66.1 Å². The first-order valence-electron chi connectivity index (χ1n) is 13.6. The molecule has 0 aliphatic carbocycles. The van der Waals surface area contributed by atoms with Crippen LogP contribution in [0.15, 0.2) is 42.7 Å². The lowest BCUT2D eigenvalue weighted by molar-refractivity contribution is -0.166. The van der Waals surface area contributed by atoms with Gasteiger partial charge in [-0.15, -0.1) is 0 Å². The molecule has 0 unspecified atom stereocenters. The number of halogens is 2. The van der Waals surface area contributed by atoms with E-state index >= 15 is 4.39 Å². The van der Waals surface area contributed by atoms with Gasteiger partial charge in [0.05, 0.1) is 24.5 Å². The van der Waals surface area contributed by atoms with E-state index in [-0.39, 0.29) is 6.61 Å². The molecule has 40 heavy (non-hydrogen) atoms. The number of aromatic nitrogens is 2. The number of imidazole rings is 1. The molecular formula is C32H34ClFN2O4. The highest BCUT2D eigenvalue weighted by Crippen LogP contribution is 2.44. The fourth-order valence-corrected chi connectivity index (χ4v) is 5.57. The SMILES string of the molecule is CCOC(=O)[C@@H](OC(C)(C)C)c1c(C)cn2cc(-c3cccc(Cl)c3)nc2c1-c1cc(F)c2c(c1C)CCCO2. The number of pyridine rings is 1. The van der Waals surface area contributed by atoms with Crippen LogP contribution in [0, 0.1) is 19.7 Å². The zero-order chi connectivity index (χ0) is 28.8. The van der Waals surface area contributed by atoms with Crippen LogP contribution in [0.25, 0.3) is 28.0 Å². The first kappa shape index (κ1) is 28.1. The lowest BCUT2D eigenvalue weighted by Gasteiger charge is -2.30. The summed E-state index contributed by atoms with van der Waals surface area (Å²) in [5.74, 6) is -0.646. The monoisotopic (exact) mass is 564 g/mol. The van der Waals surface area contributed by atoms with E-state index in [2.05, 4.69) is 0 Å². The third-order valence-corrected chi connectivity index (χ3v) is 7.28. The Morgan fingerprint density at radius 2 is 2.00 bits per heavy atom. The fourth-order valence-electron chi connectivity index (χ4n) is 5.38. The number of aryl methyl sites for hydroxylation is 1. The predicted molar refractivity (Wildman–Crippen MR) is 155 cm³/mol. The summed E-state index contributed by atoms with van der Waals surface area (Å²) in [4.78, 5) is 18.5. The highest BCUT2D eigenvalue weighted by atomic mass is 35.5. The van der Waals surface area contributed by atoms with Gasteiger partial charge in [-0.05, 0) is 89.3 Å². The second-order valence-electron chi connectivity index (χ2n) is 11.1. The van der Waals surface area contributed by atoms with Crippen LogP contribution in [0.2, 0.25) is 5.02 Å². The molecule has 6 nitrogen and oxygen atoms in total. The van der Waals surface area contributed by atoms with Gasteiger partial charge >= 0.3 is 5.97 Å². The molecule has 0 saturated heterocycles. The molecule has 0 amide bonds. The zero-order valence-electron chi connectivity index (χ0n) is 23.7. The summed E-state index contributed by atoms with van der Waals surface area (Å²) >= 11 is 6.29. The van der Waals surface area contributed by atoms with Crippen molar-refractivity contribution in [1.29, 1.82) is 0 Å². The number of benzene rings is 2. The van der Waals surface area contributed by atoms with E-state index < -0.39 is 23.5 Å². The van der Waals surface area contributed by atoms with Crippen LogP contribution < -0.4 is 4.74 Å². The quantitative estimate of drug-likeness (QED) is 0.223. The number of carbonyl (C=O) groups excluding carboxylic acids is 1. The minimum atomic E-state index is -1.05. The summed E-state index contributed by atoms with van der Waals surface area (Å²) in [6.07, 6.45) is 4.28. The Balaban J connectivity index is 1.86. The third-order valence-electron chi connectivity index (χ3n) is 7.04. The van der Waals surface area contributed by atoms with E-state index in [1.54, 1.807) is 6.92 Å². The van der Waals surface area contributed by atoms with Gasteiger partial charge in [-0.2, -0.15) is 0 Å². The molecule has 2 aromatic heterocycles. The van der Waals surface area contributed by atoms with E-state index in [1.165, 1.54) is 6.07 Å². The summed E-state index contributed by atoms with van der Waals surface area (Å²) in [6.45, 7) is 12.0. The van der Waals surface area contributed by atoms with Crippen molar-refractivity contribution >= 4 is 23.2 Å². The second-order valence-corrected chi connectivity index (χ2v) is 11.6. The topological polar surface area (TPSA) is 62.1 Å². The van der Waals surface area contributed by atoms with Gasteiger partial charge in [-0.3, -0.25) is 0 Å². The van der Waals surface area contributed by atoms with E-state index in [0.717, 1.165) is 28.7 Å². The van der Waals surface area contributed by atoms with Gasteiger partial charge in [0.2, 0.25) is 0 Å². The normalized spacial score (nSPS) is 14.1. The molecule has 4 aromatic rings. The molecule has 3 heterocycles. The van der Waals surface area contributed by atoms with E-state index in [0.29, 0.717) is 51.8 Å². The van der Waals surface area contributed by atoms with Crippen molar-refractivity contribution in [3.05, 3.63) is 75.8 Å². The molecule has 0 radical (unpaired) electrons. The minimum absolute atomic E-state index is 0.200. The van der Waals surface area contributed by atoms with Gasteiger partial charge < -0.3 is 18.6 Å². The number of fused-ring (bicyclic) bond motifs is 2. The summed E-state index contributed by atoms with van der Waals surface area (Å²) in [6, 6.07) is 8.96. The first-order valence-corrected chi connectivity index (χ1v) is 13.9. The van der Waals surface area contributed by atoms with Gasteiger partial charge in [-0.25, -0.2) is 14.2 Å². The number of nitrogens with zero attached hydrogens (tertiary/aromatic N) is 2. The molecule has 1 atom stereocenters. The van der Waals surface area contributed by atoms with Crippen molar-refractivity contribution in [2.24, 2.45) is 0 Å². The van der Waals surface area contributed by atoms with Crippen LogP contribution in [0.5, 0.6) is 5.75 Å². The van der Waals surface area contributed by atoms with Crippen LogP contribution >= 0.6 is 11.6 Å². The summed E-state index contributed by atoms with van der Waals surface area (Å²) < 4.78 is 35.1. The lowest BCUT2D eigenvalue weighted by atomic mass is 9.87. The average Bonchev–Trinajstić information content (AvgIpc) is 3.32. The highest BCUT2D eigenvalue weighted by molar-refractivity contribution is 6.30. The second kappa shape index (κ2) is 10.9. The number of rotatable bonds is 6. The summed E-state index contributed by atoms with van der Waals surface area (Å²) in [5.41, 5.74) is 5.81. The fraction of sp³-hybridized carbons (Fsp3) is 0.375. The lowest BCUT2D eigenvalue weighted by Crippen LogP contribution is -2.30. The molecule has 1 aliphatic heterocycles. The van der Waals surface area contributed by atoms with Crippen LogP contribution in [0.1, 0.15) is 62.5 Å². The Morgan fingerprint density at radius 1 is 1.23 bits per heavy atom. The average molecular weight is 565 g/mol. The first-order chi connectivity index (χ1) is 19.0. The molecule has 8 heteroatoms. The van der Waals surface area contributed by atoms with Crippen molar-refractivity contribution in [2.75, 3.05) is 13.2 Å². The largest absolute Gasteiger partial charge is 0.490 e. The molecule has 0 fully saturated rings. The summed E-state index contributed by atoms with van der Waals surface area (Å²) in [5, 5.41) is 0.597. The van der Waals surface area contributed by atoms with Gasteiger partial charge in [0.25, 0.3) is 0 Å². The van der Waals surface area contributed by atoms with Crippen LogP contribution in [-0.2, 0) is 20.7 Å². The molecule has 210 valence electrons. The van der Waals surface area contributed by atoms with Gasteiger partial charge in [0.15, 0.2) is 17.7 Å². The minimum Gasteiger partial charge on any atom is -0.490 e. The molecule has 0 bridgehead atoms. The Morgan fingerprint density at radius 3 is 2.70 bits per heavy atom. The maximum absolute atomic E-state index is 15.6. The molecule has 5 rings (SSSR count). The Labute approximate surface area is 239 Å². The zero-order valence-corrected chi connectivity index (χ0v) is 24.5. The molecule has 0 N–H and O–H groups in total. The van der Waals surface area contributed by atoms with Crippen molar-refractivity contribution in [3.63, 3.8) is 0 Å². The standard InChI is InChI=1S/C32H34ClFN2O4/c1-7-38-31(37)29(40-32(4,5)6)26-18(2)16-36-17-25(20-10-8-11-21(33)14-20)35-30(36)27(26)23-15-24(34)28-22(19(23)3)12-9-13-39-28/h8,10-11,14-17,29H,7,9,12-13H2,1-6H3/t29-/m0/s1. The van der Waals surface area contributed by atoms with Crippen LogP contribution in [-0.4, -0.2) is 34.2 Å². The Kier molecular flexibility index (Phi) is 7.64. The Bertz CT molecular complexity index is 1610. The number of hydrogen-bond acceptors (Lipinski definition) is 5. The predicted octanol–water partition coefficient (Wildman–Crippen LogP) is 7.82. The van der Waals surface area contributed by atoms with E-state index in [9.17, 15) is 4.79 Å². The van der Waals surface area contributed by atoms with Crippen LogP contribution in [0.3, 0.4) is 0 Å². The molecule has 0 saturated carbocycles. The number of hydrogen-bond donors (Lipinski definition) is 0. The highest BCUT2D eigenvalue weighted by Gasteiger charge is 2.35. The van der Waals surface area contributed by atoms with Crippen molar-refractivity contribution in [3.8, 4) is 28.1 Å². The maximum Gasteiger partial charge on any atom is 0.339 e. The number of ether oxygens (including phenoxy) is 3. The maximum atomic E-state index is 15.6. The number of esters is 1. The molecular weight excluding hydrogens is 531 g/mol. The van der Waals surface area contributed by atoms with Crippen LogP contribution in [0.4, 0.5) is 4.39 Å². The van der Waals surface area contributed by atoms with Crippen molar-refractivity contribution in [1.82, 2.24) is 9.38 Å². The van der Waals surface area contributed by atoms with Gasteiger partial charge in [0, 0.05) is 39.7 Å². The third kappa shape index (κ3) is 5.32. The van der Waals surface area contributed by atoms with E-state index in [1.807, 2.05) is 75.7 Å². The molecule has 1 aliphatic rings. The number of carbonyl (C=O) groups is 1. The molecule has 2 aromatic carbocycles. The smallest absolute Gasteiger partial charge is 0.339 e.